The molecule has 1 aliphatic heterocycles. The van der Waals surface area contributed by atoms with Gasteiger partial charge in [0, 0.05) is 31.9 Å². The van der Waals surface area contributed by atoms with E-state index in [1.807, 2.05) is 30.0 Å². The highest BCUT2D eigenvalue weighted by Gasteiger charge is 2.25. The van der Waals surface area contributed by atoms with Gasteiger partial charge in [-0.15, -0.1) is 0 Å². The standard InChI is InChI=1S/C17H19Cl2N5O/c1-3-23-7-8-24(4-2)16(25)12-6-5-11(9-14(12)23)21-15-13(18)10-20-17(19)22-15/h5-6,9-10H,3-4,7-8H2,1-2H3,(H,20,21,22). The average Bonchev–Trinajstić information content (AvgIpc) is 2.74. The van der Waals surface area contributed by atoms with Crippen LogP contribution in [0.3, 0.4) is 0 Å². The maximum Gasteiger partial charge on any atom is 0.256 e. The molecule has 25 heavy (non-hydrogen) atoms. The second-order valence-electron chi connectivity index (χ2n) is 5.66. The summed E-state index contributed by atoms with van der Waals surface area (Å²) in [6.45, 7) is 7.11. The Morgan fingerprint density at radius 3 is 2.60 bits per heavy atom. The van der Waals surface area contributed by atoms with Crippen molar-refractivity contribution in [2.45, 2.75) is 13.8 Å². The summed E-state index contributed by atoms with van der Waals surface area (Å²) in [5.41, 5.74) is 2.40. The van der Waals surface area contributed by atoms with E-state index in [2.05, 4.69) is 27.1 Å². The Morgan fingerprint density at radius 1 is 1.16 bits per heavy atom. The molecule has 1 aliphatic rings. The summed E-state index contributed by atoms with van der Waals surface area (Å²) in [6.07, 6.45) is 1.45. The SMILES string of the molecule is CCN1CCN(CC)c2cc(Nc3nc(Cl)ncc3Cl)ccc2C1=O. The summed E-state index contributed by atoms with van der Waals surface area (Å²) < 4.78 is 0. The number of fused-ring (bicyclic) bond motifs is 1. The first-order valence-electron chi connectivity index (χ1n) is 8.16. The Hall–Kier alpha value is -2.05. The Bertz CT molecular complexity index is 799. The van der Waals surface area contributed by atoms with Gasteiger partial charge in [0.25, 0.3) is 5.91 Å². The fraction of sp³-hybridized carbons (Fsp3) is 0.353. The van der Waals surface area contributed by atoms with Gasteiger partial charge in [-0.3, -0.25) is 4.79 Å². The van der Waals surface area contributed by atoms with Crippen LogP contribution in [-0.2, 0) is 0 Å². The lowest BCUT2D eigenvalue weighted by Gasteiger charge is -2.23. The summed E-state index contributed by atoms with van der Waals surface area (Å²) in [5, 5.41) is 3.64. The molecular formula is C17H19Cl2N5O. The van der Waals surface area contributed by atoms with Gasteiger partial charge in [-0.05, 0) is 43.6 Å². The first-order valence-corrected chi connectivity index (χ1v) is 8.92. The largest absolute Gasteiger partial charge is 0.369 e. The minimum Gasteiger partial charge on any atom is -0.369 e. The molecule has 0 bridgehead atoms. The second kappa shape index (κ2) is 7.45. The quantitative estimate of drug-likeness (QED) is 0.817. The molecule has 3 rings (SSSR count). The van der Waals surface area contributed by atoms with E-state index in [4.69, 9.17) is 23.2 Å². The molecule has 0 atom stereocenters. The fourth-order valence-corrected chi connectivity index (χ4v) is 3.16. The summed E-state index contributed by atoms with van der Waals surface area (Å²) in [4.78, 5) is 24.7. The van der Waals surface area contributed by atoms with E-state index >= 15 is 0 Å². The molecular weight excluding hydrogens is 361 g/mol. The Morgan fingerprint density at radius 2 is 1.88 bits per heavy atom. The minimum atomic E-state index is 0.0584. The molecule has 1 aromatic heterocycles. The number of halogens is 2. The number of carbonyl (C=O) groups excluding carboxylic acids is 1. The predicted octanol–water partition coefficient (Wildman–Crippen LogP) is 3.83. The van der Waals surface area contributed by atoms with Crippen LogP contribution < -0.4 is 10.2 Å². The molecule has 1 amide bonds. The van der Waals surface area contributed by atoms with E-state index in [0.717, 1.165) is 24.5 Å². The van der Waals surface area contributed by atoms with Crippen LogP contribution in [0.1, 0.15) is 24.2 Å². The van der Waals surface area contributed by atoms with Gasteiger partial charge in [-0.1, -0.05) is 11.6 Å². The number of likely N-dealkylation sites (N-methyl/N-ethyl adjacent to an activating group) is 2. The maximum absolute atomic E-state index is 12.7. The average molecular weight is 380 g/mol. The number of benzene rings is 1. The van der Waals surface area contributed by atoms with E-state index in [-0.39, 0.29) is 11.2 Å². The van der Waals surface area contributed by atoms with Crippen molar-refractivity contribution >= 4 is 46.3 Å². The zero-order valence-corrected chi connectivity index (χ0v) is 15.6. The highest BCUT2D eigenvalue weighted by Crippen LogP contribution is 2.31. The van der Waals surface area contributed by atoms with Crippen LogP contribution in [0.15, 0.2) is 24.4 Å². The van der Waals surface area contributed by atoms with E-state index in [1.165, 1.54) is 6.20 Å². The van der Waals surface area contributed by atoms with Gasteiger partial charge < -0.3 is 15.1 Å². The number of nitrogens with one attached hydrogen (secondary N) is 1. The molecule has 8 heteroatoms. The molecule has 2 aromatic rings. The zero-order valence-electron chi connectivity index (χ0n) is 14.1. The van der Waals surface area contributed by atoms with Crippen molar-refractivity contribution < 1.29 is 4.79 Å². The molecule has 1 N–H and O–H groups in total. The predicted molar refractivity (Wildman–Crippen MR) is 101 cm³/mol. The normalized spacial score (nSPS) is 14.3. The van der Waals surface area contributed by atoms with Crippen LogP contribution in [-0.4, -0.2) is 47.0 Å². The van der Waals surface area contributed by atoms with Gasteiger partial charge >= 0.3 is 0 Å². The molecule has 6 nitrogen and oxygen atoms in total. The fourth-order valence-electron chi connectivity index (χ4n) is 2.89. The third kappa shape index (κ3) is 3.65. The molecule has 0 aliphatic carbocycles. The van der Waals surface area contributed by atoms with Crippen molar-refractivity contribution in [3.8, 4) is 0 Å². The summed E-state index contributed by atoms with van der Waals surface area (Å²) >= 11 is 12.0. The number of amides is 1. The Labute approximate surface area is 156 Å². The lowest BCUT2D eigenvalue weighted by atomic mass is 10.1. The molecule has 0 saturated heterocycles. The van der Waals surface area contributed by atoms with Crippen LogP contribution in [0.25, 0.3) is 0 Å². The molecule has 0 spiro atoms. The number of rotatable bonds is 4. The number of nitrogens with zero attached hydrogens (tertiary/aromatic N) is 4. The summed E-state index contributed by atoms with van der Waals surface area (Å²) in [7, 11) is 0. The van der Waals surface area contributed by atoms with E-state index in [1.54, 1.807) is 0 Å². The third-order valence-electron chi connectivity index (χ3n) is 4.24. The maximum atomic E-state index is 12.7. The number of hydrogen-bond donors (Lipinski definition) is 1. The van der Waals surface area contributed by atoms with Crippen LogP contribution in [0.5, 0.6) is 0 Å². The Kier molecular flexibility index (Phi) is 5.30. The van der Waals surface area contributed by atoms with Gasteiger partial charge in [-0.2, -0.15) is 4.98 Å². The van der Waals surface area contributed by atoms with Crippen molar-refractivity contribution in [2.24, 2.45) is 0 Å². The lowest BCUT2D eigenvalue weighted by molar-refractivity contribution is 0.0775. The van der Waals surface area contributed by atoms with Crippen molar-refractivity contribution in [3.63, 3.8) is 0 Å². The molecule has 0 saturated carbocycles. The van der Waals surface area contributed by atoms with E-state index < -0.39 is 0 Å². The summed E-state index contributed by atoms with van der Waals surface area (Å²) in [5.74, 6) is 0.489. The highest BCUT2D eigenvalue weighted by molar-refractivity contribution is 6.33. The molecule has 132 valence electrons. The van der Waals surface area contributed by atoms with Gasteiger partial charge in [0.05, 0.1) is 17.4 Å². The number of aromatic nitrogens is 2. The van der Waals surface area contributed by atoms with E-state index in [9.17, 15) is 4.79 Å². The lowest BCUT2D eigenvalue weighted by Crippen LogP contribution is -2.34. The first kappa shape index (κ1) is 17.8. The molecule has 2 heterocycles. The van der Waals surface area contributed by atoms with Gasteiger partial charge in [0.1, 0.15) is 5.02 Å². The number of carbonyl (C=O) groups is 1. The zero-order chi connectivity index (χ0) is 18.0. The van der Waals surface area contributed by atoms with Crippen LogP contribution in [0.2, 0.25) is 10.3 Å². The van der Waals surface area contributed by atoms with Gasteiger partial charge in [-0.25, -0.2) is 4.98 Å². The molecule has 1 aromatic carbocycles. The first-order chi connectivity index (χ1) is 12.0. The smallest absolute Gasteiger partial charge is 0.256 e. The molecule has 0 fully saturated rings. The van der Waals surface area contributed by atoms with Crippen molar-refractivity contribution in [2.75, 3.05) is 36.4 Å². The molecule has 0 radical (unpaired) electrons. The van der Waals surface area contributed by atoms with Crippen molar-refractivity contribution in [1.82, 2.24) is 14.9 Å². The van der Waals surface area contributed by atoms with Crippen LogP contribution >= 0.6 is 23.2 Å². The van der Waals surface area contributed by atoms with Gasteiger partial charge in [0.15, 0.2) is 5.82 Å². The number of anilines is 3. The second-order valence-corrected chi connectivity index (χ2v) is 6.40. The van der Waals surface area contributed by atoms with E-state index in [0.29, 0.717) is 29.5 Å². The monoisotopic (exact) mass is 379 g/mol. The van der Waals surface area contributed by atoms with Crippen molar-refractivity contribution in [3.05, 3.63) is 40.3 Å². The number of hydrogen-bond acceptors (Lipinski definition) is 5. The third-order valence-corrected chi connectivity index (χ3v) is 4.70. The van der Waals surface area contributed by atoms with Crippen LogP contribution in [0.4, 0.5) is 17.2 Å². The van der Waals surface area contributed by atoms with Crippen molar-refractivity contribution in [1.29, 1.82) is 0 Å². The highest BCUT2D eigenvalue weighted by atomic mass is 35.5. The minimum absolute atomic E-state index is 0.0584. The summed E-state index contributed by atoms with van der Waals surface area (Å²) in [6, 6.07) is 5.63. The van der Waals surface area contributed by atoms with Gasteiger partial charge in [0.2, 0.25) is 5.28 Å². The molecule has 0 unspecified atom stereocenters. The van der Waals surface area contributed by atoms with Crippen LogP contribution in [0, 0.1) is 0 Å². The topological polar surface area (TPSA) is 61.4 Å². The Balaban J connectivity index is 1.98.